The standard InChI is InChI=1S/C37H23N3/c38-24-25-9-8-12-29(21-25)40-35-16-7-5-14-31(35)33-23-27(18-20-37(33)40)26-17-19-36-32(22-26)30-13-4-6-15-34(30)39(36)28-10-2-1-3-11-28/h1-23H. The van der Waals surface area contributed by atoms with E-state index in [4.69, 9.17) is 0 Å². The van der Waals surface area contributed by atoms with Gasteiger partial charge >= 0.3 is 0 Å². The molecule has 2 heterocycles. The van der Waals surface area contributed by atoms with Gasteiger partial charge in [-0.3, -0.25) is 0 Å². The van der Waals surface area contributed by atoms with Crippen LogP contribution in [0.25, 0.3) is 66.1 Å². The number of nitriles is 1. The quantitative estimate of drug-likeness (QED) is 0.233. The molecule has 0 aliphatic carbocycles. The summed E-state index contributed by atoms with van der Waals surface area (Å²) in [5.74, 6) is 0. The van der Waals surface area contributed by atoms with Crippen molar-refractivity contribution in [3.63, 3.8) is 0 Å². The lowest BCUT2D eigenvalue weighted by molar-refractivity contribution is 1.18. The Hall–Kier alpha value is -5.59. The smallest absolute Gasteiger partial charge is 0.0992 e. The molecule has 0 aliphatic rings. The number of hydrogen-bond acceptors (Lipinski definition) is 1. The van der Waals surface area contributed by atoms with Crippen LogP contribution in [0.5, 0.6) is 0 Å². The predicted molar refractivity (Wildman–Crippen MR) is 165 cm³/mol. The molecule has 2 aromatic heterocycles. The number of benzene rings is 6. The van der Waals surface area contributed by atoms with Gasteiger partial charge in [0.2, 0.25) is 0 Å². The molecule has 0 unspecified atom stereocenters. The zero-order chi connectivity index (χ0) is 26.6. The van der Waals surface area contributed by atoms with E-state index in [1.54, 1.807) is 0 Å². The van der Waals surface area contributed by atoms with Crippen molar-refractivity contribution in [3.8, 4) is 28.6 Å². The zero-order valence-corrected chi connectivity index (χ0v) is 21.6. The summed E-state index contributed by atoms with van der Waals surface area (Å²) in [7, 11) is 0. The van der Waals surface area contributed by atoms with Gasteiger partial charge in [-0.25, -0.2) is 0 Å². The van der Waals surface area contributed by atoms with Gasteiger partial charge < -0.3 is 9.13 Å². The van der Waals surface area contributed by atoms with E-state index in [0.29, 0.717) is 5.56 Å². The molecule has 0 bridgehead atoms. The highest BCUT2D eigenvalue weighted by Gasteiger charge is 2.16. The van der Waals surface area contributed by atoms with E-state index < -0.39 is 0 Å². The van der Waals surface area contributed by atoms with E-state index in [-0.39, 0.29) is 0 Å². The van der Waals surface area contributed by atoms with Crippen molar-refractivity contribution in [1.29, 1.82) is 5.26 Å². The summed E-state index contributed by atoms with van der Waals surface area (Å²) < 4.78 is 4.60. The number of aromatic nitrogens is 2. The van der Waals surface area contributed by atoms with Gasteiger partial charge in [0, 0.05) is 32.9 Å². The van der Waals surface area contributed by atoms with Crippen molar-refractivity contribution in [2.75, 3.05) is 0 Å². The SMILES string of the molecule is N#Cc1cccc(-n2c3ccccc3c3cc(-c4ccc5c(c4)c4ccccc4n5-c4ccccc4)ccc32)c1. The summed E-state index contributed by atoms with van der Waals surface area (Å²) in [5, 5.41) is 14.4. The fourth-order valence-corrected chi connectivity index (χ4v) is 6.15. The van der Waals surface area contributed by atoms with Crippen molar-refractivity contribution in [3.05, 3.63) is 145 Å². The van der Waals surface area contributed by atoms with Gasteiger partial charge in [0.25, 0.3) is 0 Å². The molecule has 0 saturated carbocycles. The molecule has 0 aliphatic heterocycles. The Labute approximate surface area is 231 Å². The Kier molecular flexibility index (Phi) is 4.89. The normalized spacial score (nSPS) is 11.5. The Morgan fingerprint density at radius 3 is 1.50 bits per heavy atom. The molecule has 0 saturated heterocycles. The molecular weight excluding hydrogens is 486 g/mol. The van der Waals surface area contributed by atoms with E-state index in [9.17, 15) is 5.26 Å². The highest BCUT2D eigenvalue weighted by Crippen LogP contribution is 2.38. The molecule has 186 valence electrons. The van der Waals surface area contributed by atoms with E-state index >= 15 is 0 Å². The second-order valence-corrected chi connectivity index (χ2v) is 10.2. The molecule has 3 heteroatoms. The zero-order valence-electron chi connectivity index (χ0n) is 21.6. The van der Waals surface area contributed by atoms with Gasteiger partial charge in [-0.05, 0) is 77.9 Å². The first-order chi connectivity index (χ1) is 19.8. The topological polar surface area (TPSA) is 33.6 Å². The maximum atomic E-state index is 9.50. The molecule has 0 N–H and O–H groups in total. The molecule has 8 rings (SSSR count). The highest BCUT2D eigenvalue weighted by molar-refractivity contribution is 6.12. The summed E-state index contributed by atoms with van der Waals surface area (Å²) in [6.45, 7) is 0. The van der Waals surface area contributed by atoms with Crippen LogP contribution in [0.15, 0.2) is 140 Å². The Morgan fingerprint density at radius 1 is 0.400 bits per heavy atom. The lowest BCUT2D eigenvalue weighted by atomic mass is 10.0. The fraction of sp³-hybridized carbons (Fsp3) is 0. The Morgan fingerprint density at radius 2 is 0.900 bits per heavy atom. The second kappa shape index (κ2) is 8.73. The third kappa shape index (κ3) is 3.30. The molecule has 0 radical (unpaired) electrons. The molecule has 0 amide bonds. The van der Waals surface area contributed by atoms with E-state index in [1.807, 2.05) is 18.2 Å². The largest absolute Gasteiger partial charge is 0.309 e. The third-order valence-electron chi connectivity index (χ3n) is 7.93. The van der Waals surface area contributed by atoms with Gasteiger partial charge in [-0.15, -0.1) is 0 Å². The van der Waals surface area contributed by atoms with Crippen LogP contribution in [-0.4, -0.2) is 9.13 Å². The van der Waals surface area contributed by atoms with Crippen molar-refractivity contribution in [2.24, 2.45) is 0 Å². The van der Waals surface area contributed by atoms with Gasteiger partial charge in [0.05, 0.1) is 33.7 Å². The van der Waals surface area contributed by atoms with Crippen LogP contribution in [0.1, 0.15) is 5.56 Å². The Balaban J connectivity index is 1.35. The maximum Gasteiger partial charge on any atom is 0.0992 e. The first kappa shape index (κ1) is 22.4. The van der Waals surface area contributed by atoms with Crippen LogP contribution < -0.4 is 0 Å². The van der Waals surface area contributed by atoms with Gasteiger partial charge in [-0.2, -0.15) is 5.26 Å². The molecule has 0 atom stereocenters. The molecule has 8 aromatic rings. The van der Waals surface area contributed by atoms with Crippen molar-refractivity contribution < 1.29 is 0 Å². The summed E-state index contributed by atoms with van der Waals surface area (Å²) >= 11 is 0. The fourth-order valence-electron chi connectivity index (χ4n) is 6.15. The summed E-state index contributed by atoms with van der Waals surface area (Å²) in [6.07, 6.45) is 0. The van der Waals surface area contributed by atoms with Crippen LogP contribution in [0, 0.1) is 11.3 Å². The molecule has 40 heavy (non-hydrogen) atoms. The van der Waals surface area contributed by atoms with Crippen LogP contribution in [0.4, 0.5) is 0 Å². The minimum Gasteiger partial charge on any atom is -0.309 e. The number of fused-ring (bicyclic) bond motifs is 6. The predicted octanol–water partition coefficient (Wildman–Crippen LogP) is 9.42. The molecule has 0 spiro atoms. The number of hydrogen-bond donors (Lipinski definition) is 0. The summed E-state index contributed by atoms with van der Waals surface area (Å²) in [4.78, 5) is 0. The molecular formula is C37H23N3. The van der Waals surface area contributed by atoms with E-state index in [1.165, 1.54) is 43.7 Å². The van der Waals surface area contributed by atoms with Gasteiger partial charge in [-0.1, -0.05) is 72.8 Å². The summed E-state index contributed by atoms with van der Waals surface area (Å²) in [6, 6.07) is 51.3. The number of rotatable bonds is 3. The number of para-hydroxylation sites is 3. The minimum absolute atomic E-state index is 0.656. The second-order valence-electron chi connectivity index (χ2n) is 10.2. The highest BCUT2D eigenvalue weighted by atomic mass is 15.0. The van der Waals surface area contributed by atoms with E-state index in [0.717, 1.165) is 22.4 Å². The van der Waals surface area contributed by atoms with Crippen molar-refractivity contribution in [2.45, 2.75) is 0 Å². The lowest BCUT2D eigenvalue weighted by Gasteiger charge is -2.09. The van der Waals surface area contributed by atoms with Crippen LogP contribution in [-0.2, 0) is 0 Å². The van der Waals surface area contributed by atoms with Crippen LogP contribution >= 0.6 is 0 Å². The van der Waals surface area contributed by atoms with E-state index in [2.05, 4.69) is 137 Å². The first-order valence-electron chi connectivity index (χ1n) is 13.4. The molecule has 0 fully saturated rings. The molecule has 3 nitrogen and oxygen atoms in total. The van der Waals surface area contributed by atoms with Crippen LogP contribution in [0.3, 0.4) is 0 Å². The average Bonchev–Trinajstić information content (AvgIpc) is 3.54. The minimum atomic E-state index is 0.656. The maximum absolute atomic E-state index is 9.50. The van der Waals surface area contributed by atoms with Gasteiger partial charge in [0.1, 0.15) is 0 Å². The third-order valence-corrected chi connectivity index (χ3v) is 7.93. The van der Waals surface area contributed by atoms with Crippen LogP contribution in [0.2, 0.25) is 0 Å². The van der Waals surface area contributed by atoms with Gasteiger partial charge in [0.15, 0.2) is 0 Å². The van der Waals surface area contributed by atoms with Crippen molar-refractivity contribution in [1.82, 2.24) is 9.13 Å². The molecule has 6 aromatic carbocycles. The first-order valence-corrected chi connectivity index (χ1v) is 13.4. The lowest BCUT2D eigenvalue weighted by Crippen LogP contribution is -1.94. The van der Waals surface area contributed by atoms with Crippen molar-refractivity contribution >= 4 is 43.6 Å². The Bertz CT molecular complexity index is 2280. The monoisotopic (exact) mass is 509 g/mol. The summed E-state index contributed by atoms with van der Waals surface area (Å²) in [5.41, 5.74) is 9.85. The average molecular weight is 510 g/mol. The number of nitrogens with zero attached hydrogens (tertiary/aromatic N) is 3.